The first kappa shape index (κ1) is 22.2. The van der Waals surface area contributed by atoms with Crippen molar-refractivity contribution in [1.82, 2.24) is 14.5 Å². The Labute approximate surface area is 174 Å². The predicted octanol–water partition coefficient (Wildman–Crippen LogP) is 1.70. The van der Waals surface area contributed by atoms with Crippen LogP contribution in [0.4, 0.5) is 0 Å². The minimum absolute atomic E-state index is 0.0609. The molecule has 0 aromatic heterocycles. The fraction of sp³-hybridized carbons (Fsp3) is 0.667. The molecule has 2 aliphatic heterocycles. The van der Waals surface area contributed by atoms with E-state index in [-0.39, 0.29) is 16.9 Å². The zero-order valence-electron chi connectivity index (χ0n) is 17.4. The largest absolute Gasteiger partial charge is 0.374 e. The summed E-state index contributed by atoms with van der Waals surface area (Å²) >= 11 is 0. The van der Waals surface area contributed by atoms with Crippen molar-refractivity contribution in [2.75, 3.05) is 39.3 Å². The van der Waals surface area contributed by atoms with Crippen molar-refractivity contribution in [3.05, 3.63) is 30.3 Å². The van der Waals surface area contributed by atoms with Gasteiger partial charge in [0.15, 0.2) is 0 Å². The quantitative estimate of drug-likeness (QED) is 0.722. The molecule has 0 radical (unpaired) electrons. The minimum Gasteiger partial charge on any atom is -0.374 e. The van der Waals surface area contributed by atoms with Crippen molar-refractivity contribution in [3.8, 4) is 0 Å². The highest BCUT2D eigenvalue weighted by molar-refractivity contribution is 7.89. The van der Waals surface area contributed by atoms with Crippen LogP contribution >= 0.6 is 0 Å². The highest BCUT2D eigenvalue weighted by atomic mass is 32.2. The molecule has 1 N–H and O–H groups in total. The second kappa shape index (κ2) is 10.0. The van der Waals surface area contributed by atoms with E-state index in [1.165, 1.54) is 4.31 Å². The number of piperidine rings is 1. The molecule has 0 saturated carbocycles. The van der Waals surface area contributed by atoms with E-state index in [9.17, 15) is 13.2 Å². The SMILES string of the molecule is CC(C)CN1CCOC(CNC(=O)C2CCCCN2S(=O)(=O)c2ccccc2)C1. The van der Waals surface area contributed by atoms with E-state index < -0.39 is 16.1 Å². The molecule has 0 bridgehead atoms. The zero-order valence-corrected chi connectivity index (χ0v) is 18.2. The first-order valence-corrected chi connectivity index (χ1v) is 12.0. The van der Waals surface area contributed by atoms with E-state index in [0.29, 0.717) is 32.0 Å². The van der Waals surface area contributed by atoms with Crippen molar-refractivity contribution in [1.29, 1.82) is 0 Å². The Balaban J connectivity index is 1.61. The van der Waals surface area contributed by atoms with Crippen LogP contribution in [0.25, 0.3) is 0 Å². The number of ether oxygens (including phenoxy) is 1. The molecule has 2 heterocycles. The minimum atomic E-state index is -3.69. The third-order valence-corrected chi connectivity index (χ3v) is 7.38. The van der Waals surface area contributed by atoms with E-state index in [4.69, 9.17) is 4.74 Å². The number of morpholine rings is 1. The average Bonchev–Trinajstić information content (AvgIpc) is 2.72. The summed E-state index contributed by atoms with van der Waals surface area (Å²) in [7, 11) is -3.69. The van der Waals surface area contributed by atoms with Crippen molar-refractivity contribution in [2.45, 2.75) is 50.2 Å². The van der Waals surface area contributed by atoms with Gasteiger partial charge in [-0.25, -0.2) is 8.42 Å². The number of hydrogen-bond acceptors (Lipinski definition) is 5. The molecule has 1 aromatic rings. The van der Waals surface area contributed by atoms with Gasteiger partial charge in [-0.1, -0.05) is 38.5 Å². The lowest BCUT2D eigenvalue weighted by Gasteiger charge is -2.36. The van der Waals surface area contributed by atoms with Crippen LogP contribution in [0.3, 0.4) is 0 Å². The smallest absolute Gasteiger partial charge is 0.243 e. The van der Waals surface area contributed by atoms with Crippen LogP contribution in [0, 0.1) is 5.92 Å². The summed E-state index contributed by atoms with van der Waals surface area (Å²) in [6.45, 7) is 8.53. The van der Waals surface area contributed by atoms with Gasteiger partial charge in [-0.2, -0.15) is 4.31 Å². The van der Waals surface area contributed by atoms with Crippen molar-refractivity contribution >= 4 is 15.9 Å². The third kappa shape index (κ3) is 5.78. The Morgan fingerprint density at radius 1 is 1.21 bits per heavy atom. The fourth-order valence-electron chi connectivity index (χ4n) is 4.10. The maximum atomic E-state index is 13.1. The van der Waals surface area contributed by atoms with E-state index in [1.54, 1.807) is 30.3 Å². The van der Waals surface area contributed by atoms with E-state index in [2.05, 4.69) is 24.1 Å². The highest BCUT2D eigenvalue weighted by Gasteiger charge is 2.37. The zero-order chi connectivity index (χ0) is 20.9. The summed E-state index contributed by atoms with van der Waals surface area (Å²) in [6, 6.07) is 7.69. The monoisotopic (exact) mass is 423 g/mol. The van der Waals surface area contributed by atoms with Gasteiger partial charge >= 0.3 is 0 Å². The topological polar surface area (TPSA) is 79.0 Å². The molecule has 1 aromatic carbocycles. The van der Waals surface area contributed by atoms with Crippen LogP contribution in [0.5, 0.6) is 0 Å². The second-order valence-electron chi connectivity index (χ2n) is 8.33. The first-order chi connectivity index (χ1) is 13.9. The van der Waals surface area contributed by atoms with Crippen LogP contribution in [-0.2, 0) is 19.6 Å². The number of benzene rings is 1. The maximum absolute atomic E-state index is 13.1. The summed E-state index contributed by atoms with van der Waals surface area (Å²) in [4.78, 5) is 15.5. The average molecular weight is 424 g/mol. The molecular weight excluding hydrogens is 390 g/mol. The number of hydrogen-bond donors (Lipinski definition) is 1. The number of amides is 1. The van der Waals surface area contributed by atoms with Gasteiger partial charge in [0.1, 0.15) is 6.04 Å². The second-order valence-corrected chi connectivity index (χ2v) is 10.2. The predicted molar refractivity (Wildman–Crippen MR) is 112 cm³/mol. The molecule has 162 valence electrons. The molecule has 2 atom stereocenters. The highest BCUT2D eigenvalue weighted by Crippen LogP contribution is 2.25. The standard InChI is InChI=1S/C21H33N3O4S/c1-17(2)15-23-12-13-28-18(16-23)14-22-21(25)20-10-6-7-11-24(20)29(26,27)19-8-4-3-5-9-19/h3-5,8-9,17-18,20H,6-7,10-16H2,1-2H3,(H,22,25). The Morgan fingerprint density at radius 2 is 1.97 bits per heavy atom. The molecule has 2 aliphatic rings. The van der Waals surface area contributed by atoms with E-state index in [1.807, 2.05) is 0 Å². The molecule has 2 unspecified atom stereocenters. The number of carbonyl (C=O) groups is 1. The fourth-order valence-corrected chi connectivity index (χ4v) is 5.78. The van der Waals surface area contributed by atoms with Crippen LogP contribution in [0.15, 0.2) is 35.2 Å². The summed E-state index contributed by atoms with van der Waals surface area (Å²) in [5.74, 6) is 0.358. The normalized spacial score (nSPS) is 24.5. The van der Waals surface area contributed by atoms with E-state index >= 15 is 0 Å². The molecular formula is C21H33N3O4S. The van der Waals surface area contributed by atoms with Gasteiger partial charge in [0, 0.05) is 32.7 Å². The number of nitrogens with zero attached hydrogens (tertiary/aromatic N) is 2. The van der Waals surface area contributed by atoms with Crippen LogP contribution in [0.1, 0.15) is 33.1 Å². The molecule has 29 heavy (non-hydrogen) atoms. The summed E-state index contributed by atoms with van der Waals surface area (Å²) < 4.78 is 33.3. The van der Waals surface area contributed by atoms with Gasteiger partial charge in [0.2, 0.25) is 15.9 Å². The maximum Gasteiger partial charge on any atom is 0.243 e. The van der Waals surface area contributed by atoms with Gasteiger partial charge < -0.3 is 10.1 Å². The van der Waals surface area contributed by atoms with Crippen LogP contribution in [0.2, 0.25) is 0 Å². The Hall–Kier alpha value is -1.48. The summed E-state index contributed by atoms with van der Waals surface area (Å²) in [5, 5.41) is 2.95. The Kier molecular flexibility index (Phi) is 7.67. The lowest BCUT2D eigenvalue weighted by atomic mass is 10.0. The summed E-state index contributed by atoms with van der Waals surface area (Å²) in [5.41, 5.74) is 0. The number of carbonyl (C=O) groups excluding carboxylic acids is 1. The van der Waals surface area contributed by atoms with Gasteiger partial charge in [0.05, 0.1) is 17.6 Å². The van der Waals surface area contributed by atoms with Gasteiger partial charge in [-0.15, -0.1) is 0 Å². The molecule has 0 aliphatic carbocycles. The molecule has 2 saturated heterocycles. The van der Waals surface area contributed by atoms with Crippen molar-refractivity contribution < 1.29 is 17.9 Å². The van der Waals surface area contributed by atoms with Gasteiger partial charge in [-0.3, -0.25) is 9.69 Å². The van der Waals surface area contributed by atoms with Crippen LogP contribution < -0.4 is 5.32 Å². The van der Waals surface area contributed by atoms with Crippen LogP contribution in [-0.4, -0.2) is 75.0 Å². The third-order valence-electron chi connectivity index (χ3n) is 5.46. The Morgan fingerprint density at radius 3 is 2.69 bits per heavy atom. The lowest BCUT2D eigenvalue weighted by molar-refractivity contribution is -0.126. The van der Waals surface area contributed by atoms with Crippen molar-refractivity contribution in [2.24, 2.45) is 5.92 Å². The van der Waals surface area contributed by atoms with Crippen molar-refractivity contribution in [3.63, 3.8) is 0 Å². The molecule has 8 heteroatoms. The van der Waals surface area contributed by atoms with Gasteiger partial charge in [-0.05, 0) is 30.9 Å². The Bertz CT molecular complexity index is 769. The number of rotatable bonds is 7. The number of nitrogens with one attached hydrogen (secondary N) is 1. The number of sulfonamides is 1. The molecule has 3 rings (SSSR count). The van der Waals surface area contributed by atoms with E-state index in [0.717, 1.165) is 32.5 Å². The van der Waals surface area contributed by atoms with Gasteiger partial charge in [0.25, 0.3) is 0 Å². The summed E-state index contributed by atoms with van der Waals surface area (Å²) in [6.07, 6.45) is 2.10. The molecule has 2 fully saturated rings. The first-order valence-electron chi connectivity index (χ1n) is 10.6. The molecule has 7 nitrogen and oxygen atoms in total. The lowest BCUT2D eigenvalue weighted by Crippen LogP contribution is -2.54. The molecule has 1 amide bonds. The molecule has 0 spiro atoms.